The van der Waals surface area contributed by atoms with Gasteiger partial charge in [0.2, 0.25) is 0 Å². The van der Waals surface area contributed by atoms with E-state index in [1.807, 2.05) is 19.1 Å². The van der Waals surface area contributed by atoms with E-state index in [0.717, 1.165) is 10.5 Å². The summed E-state index contributed by atoms with van der Waals surface area (Å²) in [5.74, 6) is -0.513. The molecule has 0 bridgehead atoms. The van der Waals surface area contributed by atoms with Crippen molar-refractivity contribution in [2.24, 2.45) is 0 Å². The molecule has 0 aromatic heterocycles. The van der Waals surface area contributed by atoms with Crippen LogP contribution >= 0.6 is 11.6 Å². The number of hydrogen-bond acceptors (Lipinski definition) is 4. The van der Waals surface area contributed by atoms with E-state index in [-0.39, 0.29) is 17.0 Å². The topological polar surface area (TPSA) is 75.7 Å². The molecule has 32 heavy (non-hydrogen) atoms. The van der Waals surface area contributed by atoms with Crippen molar-refractivity contribution in [3.8, 4) is 5.75 Å². The molecule has 1 heterocycles. The SMILES string of the molecule is CCOc1ccc(N2C(=O)c3ccc(C(=O)NCCc4ccc(Cl)cc4)cc3C2=O)cc1. The number of amides is 3. The normalized spacial score (nSPS) is 12.6. The average molecular weight is 449 g/mol. The molecule has 6 nitrogen and oxygen atoms in total. The van der Waals surface area contributed by atoms with Crippen LogP contribution in [0.1, 0.15) is 43.6 Å². The van der Waals surface area contributed by atoms with Gasteiger partial charge in [-0.15, -0.1) is 0 Å². The Morgan fingerprint density at radius 1 is 0.938 bits per heavy atom. The van der Waals surface area contributed by atoms with E-state index in [4.69, 9.17) is 16.3 Å². The van der Waals surface area contributed by atoms with Crippen molar-refractivity contribution in [2.75, 3.05) is 18.1 Å². The maximum absolute atomic E-state index is 13.0. The van der Waals surface area contributed by atoms with Gasteiger partial charge in [0.25, 0.3) is 17.7 Å². The number of carbonyl (C=O) groups excluding carboxylic acids is 3. The third-order valence-electron chi connectivity index (χ3n) is 5.17. The Labute approximate surface area is 190 Å². The molecule has 0 fully saturated rings. The number of anilines is 1. The molecule has 162 valence electrons. The Kier molecular flexibility index (Phi) is 6.23. The number of hydrogen-bond donors (Lipinski definition) is 1. The zero-order valence-corrected chi connectivity index (χ0v) is 18.2. The van der Waals surface area contributed by atoms with E-state index >= 15 is 0 Å². The Morgan fingerprint density at radius 2 is 1.62 bits per heavy atom. The molecule has 1 aliphatic heterocycles. The minimum Gasteiger partial charge on any atom is -0.494 e. The number of imide groups is 1. The highest BCUT2D eigenvalue weighted by molar-refractivity contribution is 6.34. The van der Waals surface area contributed by atoms with Crippen LogP contribution in [0.25, 0.3) is 0 Å². The Balaban J connectivity index is 1.45. The van der Waals surface area contributed by atoms with E-state index in [1.54, 1.807) is 42.5 Å². The summed E-state index contributed by atoms with van der Waals surface area (Å²) in [5, 5.41) is 3.51. The Morgan fingerprint density at radius 3 is 2.31 bits per heavy atom. The van der Waals surface area contributed by atoms with Gasteiger partial charge >= 0.3 is 0 Å². The summed E-state index contributed by atoms with van der Waals surface area (Å²) >= 11 is 5.88. The molecular weight excluding hydrogens is 428 g/mol. The van der Waals surface area contributed by atoms with Crippen LogP contribution in [0, 0.1) is 0 Å². The lowest BCUT2D eigenvalue weighted by atomic mass is 10.1. The summed E-state index contributed by atoms with van der Waals surface area (Å²) in [6, 6.07) is 18.7. The highest BCUT2D eigenvalue weighted by Gasteiger charge is 2.37. The second kappa shape index (κ2) is 9.24. The first-order valence-electron chi connectivity index (χ1n) is 10.3. The van der Waals surface area contributed by atoms with Gasteiger partial charge in [-0.25, -0.2) is 4.90 Å². The van der Waals surface area contributed by atoms with E-state index in [1.165, 1.54) is 12.1 Å². The minimum atomic E-state index is -0.454. The third kappa shape index (κ3) is 4.36. The van der Waals surface area contributed by atoms with Crippen molar-refractivity contribution in [1.29, 1.82) is 0 Å². The molecule has 3 amide bonds. The van der Waals surface area contributed by atoms with Crippen molar-refractivity contribution in [2.45, 2.75) is 13.3 Å². The van der Waals surface area contributed by atoms with Crippen LogP contribution in [0.15, 0.2) is 66.7 Å². The van der Waals surface area contributed by atoms with Crippen LogP contribution in [0.2, 0.25) is 5.02 Å². The predicted molar refractivity (Wildman–Crippen MR) is 123 cm³/mol. The molecule has 0 saturated heterocycles. The van der Waals surface area contributed by atoms with Crippen LogP contribution in [0.4, 0.5) is 5.69 Å². The maximum atomic E-state index is 13.0. The Bertz CT molecular complexity index is 1170. The fourth-order valence-electron chi connectivity index (χ4n) is 3.55. The van der Waals surface area contributed by atoms with Gasteiger partial charge in [-0.1, -0.05) is 23.7 Å². The van der Waals surface area contributed by atoms with Crippen LogP contribution < -0.4 is 15.0 Å². The summed E-state index contributed by atoms with van der Waals surface area (Å²) < 4.78 is 5.41. The van der Waals surface area contributed by atoms with Crippen molar-refractivity contribution in [3.63, 3.8) is 0 Å². The van der Waals surface area contributed by atoms with Crippen LogP contribution in [0.5, 0.6) is 5.75 Å². The van der Waals surface area contributed by atoms with Gasteiger partial charge in [0, 0.05) is 17.1 Å². The molecule has 3 aromatic rings. The first-order valence-corrected chi connectivity index (χ1v) is 10.6. The van der Waals surface area contributed by atoms with Gasteiger partial charge in [0.1, 0.15) is 5.75 Å². The lowest BCUT2D eigenvalue weighted by molar-refractivity contribution is 0.0923. The smallest absolute Gasteiger partial charge is 0.266 e. The average Bonchev–Trinajstić information content (AvgIpc) is 3.05. The molecule has 0 aliphatic carbocycles. The highest BCUT2D eigenvalue weighted by Crippen LogP contribution is 2.30. The number of rotatable bonds is 7. The van der Waals surface area contributed by atoms with Crippen molar-refractivity contribution in [1.82, 2.24) is 5.32 Å². The molecule has 1 N–H and O–H groups in total. The van der Waals surface area contributed by atoms with Gasteiger partial charge < -0.3 is 10.1 Å². The number of nitrogens with zero attached hydrogens (tertiary/aromatic N) is 1. The third-order valence-corrected chi connectivity index (χ3v) is 5.42. The molecule has 0 unspecified atom stereocenters. The quantitative estimate of drug-likeness (QED) is 0.539. The molecule has 0 saturated carbocycles. The van der Waals surface area contributed by atoms with Crippen LogP contribution in [-0.4, -0.2) is 30.9 Å². The standard InChI is InChI=1S/C25H21ClN2O4/c1-2-32-20-10-8-19(9-11-20)28-24(30)21-12-5-17(15-22(21)25(28)31)23(29)27-14-13-16-3-6-18(26)7-4-16/h3-12,15H,2,13-14H2,1H3,(H,27,29). The van der Waals surface area contributed by atoms with Crippen LogP contribution in [0.3, 0.4) is 0 Å². The first-order chi connectivity index (χ1) is 15.5. The van der Waals surface area contributed by atoms with Gasteiger partial charge in [-0.2, -0.15) is 0 Å². The molecular formula is C25H21ClN2O4. The second-order valence-corrected chi connectivity index (χ2v) is 7.70. The molecule has 0 atom stereocenters. The molecule has 1 aliphatic rings. The van der Waals surface area contributed by atoms with Crippen LogP contribution in [-0.2, 0) is 6.42 Å². The number of carbonyl (C=O) groups is 3. The van der Waals surface area contributed by atoms with Crippen molar-refractivity contribution >= 4 is 35.0 Å². The zero-order valence-electron chi connectivity index (χ0n) is 17.4. The summed E-state index contributed by atoms with van der Waals surface area (Å²) in [7, 11) is 0. The fraction of sp³-hybridized carbons (Fsp3) is 0.160. The minimum absolute atomic E-state index is 0.217. The lowest BCUT2D eigenvalue weighted by Gasteiger charge is -2.14. The predicted octanol–water partition coefficient (Wildman–Crippen LogP) is 4.51. The first kappa shape index (κ1) is 21.6. The summed E-state index contributed by atoms with van der Waals surface area (Å²) in [6.07, 6.45) is 0.650. The molecule has 7 heteroatoms. The fourth-order valence-corrected chi connectivity index (χ4v) is 3.67. The zero-order chi connectivity index (χ0) is 22.7. The monoisotopic (exact) mass is 448 g/mol. The maximum Gasteiger partial charge on any atom is 0.266 e. The summed E-state index contributed by atoms with van der Waals surface area (Å²) in [4.78, 5) is 39.5. The van der Waals surface area contributed by atoms with Crippen molar-refractivity contribution in [3.05, 3.63) is 94.0 Å². The van der Waals surface area contributed by atoms with Crippen molar-refractivity contribution < 1.29 is 19.1 Å². The molecule has 4 rings (SSSR count). The summed E-state index contributed by atoms with van der Waals surface area (Å²) in [5.41, 5.74) is 2.33. The largest absolute Gasteiger partial charge is 0.494 e. The van der Waals surface area contributed by atoms with E-state index < -0.39 is 11.8 Å². The van der Waals surface area contributed by atoms with Gasteiger partial charge in [0.15, 0.2) is 0 Å². The highest BCUT2D eigenvalue weighted by atomic mass is 35.5. The van der Waals surface area contributed by atoms with E-state index in [2.05, 4.69) is 5.32 Å². The van der Waals surface area contributed by atoms with E-state index in [0.29, 0.717) is 41.6 Å². The lowest BCUT2D eigenvalue weighted by Crippen LogP contribution is -2.29. The molecule has 3 aromatic carbocycles. The van der Waals surface area contributed by atoms with E-state index in [9.17, 15) is 14.4 Å². The number of ether oxygens (including phenoxy) is 1. The number of fused-ring (bicyclic) bond motifs is 1. The number of halogens is 1. The summed E-state index contributed by atoms with van der Waals surface area (Å²) in [6.45, 7) is 2.84. The van der Waals surface area contributed by atoms with Gasteiger partial charge in [-0.3, -0.25) is 14.4 Å². The second-order valence-electron chi connectivity index (χ2n) is 7.27. The van der Waals surface area contributed by atoms with Gasteiger partial charge in [-0.05, 0) is 73.5 Å². The number of nitrogens with one attached hydrogen (secondary N) is 1. The van der Waals surface area contributed by atoms with Gasteiger partial charge in [0.05, 0.1) is 23.4 Å². The number of benzene rings is 3. The Hall–Kier alpha value is -3.64. The molecule has 0 radical (unpaired) electrons. The molecule has 0 spiro atoms.